The lowest BCUT2D eigenvalue weighted by molar-refractivity contribution is -0.141. The molecule has 1 amide bonds. The summed E-state index contributed by atoms with van der Waals surface area (Å²) < 4.78 is 5.69. The Morgan fingerprint density at radius 1 is 1.20 bits per heavy atom. The fraction of sp³-hybridized carbons (Fsp3) is 0.571. The van der Waals surface area contributed by atoms with Gasteiger partial charge in [0, 0.05) is 0 Å². The lowest BCUT2D eigenvalue weighted by atomic mass is 10.1. The van der Waals surface area contributed by atoms with Crippen molar-refractivity contribution in [2.75, 3.05) is 38.7 Å². The molecule has 3 N–H and O–H groups in total. The Kier molecular flexibility index (Phi) is 9.07. The predicted octanol–water partition coefficient (Wildman–Crippen LogP) is 1.42. The van der Waals surface area contributed by atoms with Crippen LogP contribution in [0.25, 0.3) is 0 Å². The minimum Gasteiger partial charge on any atom is -0.489 e. The number of carbonyl (C=O) groups excluding carboxylic acids is 1. The first kappa shape index (κ1) is 23.6. The van der Waals surface area contributed by atoms with Gasteiger partial charge in [-0.1, -0.05) is 31.4 Å². The smallest absolute Gasteiger partial charge is 0.323 e. The third kappa shape index (κ3) is 7.00. The van der Waals surface area contributed by atoms with Crippen molar-refractivity contribution in [2.24, 2.45) is 0 Å². The van der Waals surface area contributed by atoms with Gasteiger partial charge in [-0.15, -0.1) is 0 Å². The van der Waals surface area contributed by atoms with E-state index in [1.807, 2.05) is 14.1 Å². The summed E-state index contributed by atoms with van der Waals surface area (Å²) in [5, 5.41) is 21.7. The molecule has 9 nitrogen and oxygen atoms in total. The van der Waals surface area contributed by atoms with E-state index in [1.54, 1.807) is 24.3 Å². The number of fused-ring (bicyclic) bond motifs is 1. The summed E-state index contributed by atoms with van der Waals surface area (Å²) in [6, 6.07) is 4.82. The van der Waals surface area contributed by atoms with Crippen LogP contribution in [0.5, 0.6) is 5.75 Å². The van der Waals surface area contributed by atoms with Crippen LogP contribution in [-0.2, 0) is 14.4 Å². The number of aliphatic carboxylic acids is 2. The van der Waals surface area contributed by atoms with Crippen LogP contribution < -0.4 is 15.0 Å². The highest BCUT2D eigenvalue weighted by atomic mass is 16.5. The van der Waals surface area contributed by atoms with Crippen LogP contribution >= 0.6 is 0 Å². The third-order valence-corrected chi connectivity index (χ3v) is 4.97. The molecule has 2 atom stereocenters. The van der Waals surface area contributed by atoms with Gasteiger partial charge < -0.3 is 19.8 Å². The highest BCUT2D eigenvalue weighted by molar-refractivity contribution is 6.02. The van der Waals surface area contributed by atoms with Gasteiger partial charge in [0.05, 0.1) is 5.69 Å². The number of nitrogens with zero attached hydrogens (tertiary/aromatic N) is 2. The first-order chi connectivity index (χ1) is 14.3. The highest BCUT2D eigenvalue weighted by Gasteiger charge is 2.35. The summed E-state index contributed by atoms with van der Waals surface area (Å²) in [5.41, 5.74) is 0.363. The van der Waals surface area contributed by atoms with E-state index < -0.39 is 36.5 Å². The lowest BCUT2D eigenvalue weighted by Gasteiger charge is -2.25. The molecule has 1 aliphatic heterocycles. The second kappa shape index (κ2) is 11.5. The van der Waals surface area contributed by atoms with Crippen molar-refractivity contribution in [3.05, 3.63) is 24.3 Å². The Balaban J connectivity index is 2.01. The van der Waals surface area contributed by atoms with Gasteiger partial charge in [0.1, 0.15) is 31.0 Å². The van der Waals surface area contributed by atoms with Crippen molar-refractivity contribution in [2.45, 2.75) is 44.2 Å². The molecule has 0 saturated carbocycles. The van der Waals surface area contributed by atoms with Crippen LogP contribution in [0.15, 0.2) is 24.3 Å². The van der Waals surface area contributed by atoms with Crippen molar-refractivity contribution in [3.8, 4) is 5.75 Å². The first-order valence-electron chi connectivity index (χ1n) is 10.2. The zero-order valence-corrected chi connectivity index (χ0v) is 17.5. The summed E-state index contributed by atoms with van der Waals surface area (Å²) in [6.07, 6.45) is 4.07. The van der Waals surface area contributed by atoms with Crippen LogP contribution in [-0.4, -0.2) is 78.8 Å². The summed E-state index contributed by atoms with van der Waals surface area (Å²) in [6.45, 7) is 0.397. The quantitative estimate of drug-likeness (QED) is 0.434. The van der Waals surface area contributed by atoms with Crippen LogP contribution in [0, 0.1) is 0 Å². The summed E-state index contributed by atoms with van der Waals surface area (Å²) in [4.78, 5) is 39.3. The van der Waals surface area contributed by atoms with Gasteiger partial charge in [0.2, 0.25) is 5.91 Å². The zero-order chi connectivity index (χ0) is 22.1. The van der Waals surface area contributed by atoms with Crippen molar-refractivity contribution >= 4 is 23.5 Å². The average molecular weight is 421 g/mol. The topological polar surface area (TPSA) is 119 Å². The Hall–Kier alpha value is -2.65. The standard InChI is InChI=1S/C21H31N3O6/c1-23(2)12-8-4-3-5-9-15(21(28)29)22-16-14-30-18-11-7-6-10-17(18)24(20(16)27)13-19(25)26/h6-7,10-11,15-16,22H,3-5,8-9,12-14H2,1-2H3,(H,25,26)(H,28,29)/t15?,16-/m0/s1. The summed E-state index contributed by atoms with van der Waals surface area (Å²) in [5.74, 6) is -2.32. The first-order valence-corrected chi connectivity index (χ1v) is 10.2. The number of benzene rings is 1. The van der Waals surface area contributed by atoms with E-state index >= 15 is 0 Å². The number of rotatable bonds is 12. The normalized spacial score (nSPS) is 17.2. The molecule has 0 bridgehead atoms. The second-order valence-electron chi connectivity index (χ2n) is 7.71. The molecule has 1 aromatic carbocycles. The molecule has 1 aromatic rings. The molecular formula is C21H31N3O6. The van der Waals surface area contributed by atoms with Gasteiger partial charge >= 0.3 is 11.9 Å². The van der Waals surface area contributed by atoms with Crippen LogP contribution in [0.3, 0.4) is 0 Å². The number of amides is 1. The maximum atomic E-state index is 13.0. The van der Waals surface area contributed by atoms with Crippen LogP contribution in [0.1, 0.15) is 32.1 Å². The second-order valence-corrected chi connectivity index (χ2v) is 7.71. The van der Waals surface area contributed by atoms with Gasteiger partial charge in [-0.05, 0) is 45.6 Å². The molecular weight excluding hydrogens is 390 g/mol. The number of unbranched alkanes of at least 4 members (excludes halogenated alkanes) is 3. The molecule has 0 aliphatic carbocycles. The van der Waals surface area contributed by atoms with Gasteiger partial charge in [-0.2, -0.15) is 0 Å². The molecule has 0 fully saturated rings. The monoisotopic (exact) mass is 421 g/mol. The molecule has 1 heterocycles. The maximum absolute atomic E-state index is 13.0. The number of carboxylic acid groups (broad SMARTS) is 2. The molecule has 0 saturated heterocycles. The molecule has 1 aliphatic rings. The van der Waals surface area contributed by atoms with E-state index in [0.29, 0.717) is 17.9 Å². The number of anilines is 1. The number of carbonyl (C=O) groups is 3. The maximum Gasteiger partial charge on any atom is 0.323 e. The number of carboxylic acids is 2. The van der Waals surface area contributed by atoms with E-state index in [0.717, 1.165) is 37.1 Å². The molecule has 0 radical (unpaired) electrons. The zero-order valence-electron chi connectivity index (χ0n) is 17.5. The van der Waals surface area contributed by atoms with Crippen LogP contribution in [0.2, 0.25) is 0 Å². The van der Waals surface area contributed by atoms with Crippen LogP contribution in [0.4, 0.5) is 5.69 Å². The van der Waals surface area contributed by atoms with Gasteiger partial charge in [-0.25, -0.2) is 0 Å². The van der Waals surface area contributed by atoms with Crippen molar-refractivity contribution in [1.82, 2.24) is 10.2 Å². The molecule has 0 spiro atoms. The van der Waals surface area contributed by atoms with Gasteiger partial charge in [0.15, 0.2) is 0 Å². The molecule has 0 aromatic heterocycles. The number of hydrogen-bond donors (Lipinski definition) is 3. The number of hydrogen-bond acceptors (Lipinski definition) is 6. The van der Waals surface area contributed by atoms with Gasteiger partial charge in [-0.3, -0.25) is 24.6 Å². The number of para-hydroxylation sites is 2. The van der Waals surface area contributed by atoms with Gasteiger partial charge in [0.25, 0.3) is 0 Å². The fourth-order valence-corrected chi connectivity index (χ4v) is 3.42. The average Bonchev–Trinajstić information content (AvgIpc) is 2.81. The van der Waals surface area contributed by atoms with E-state index in [4.69, 9.17) is 4.74 Å². The minimum absolute atomic E-state index is 0.0709. The Bertz CT molecular complexity index is 739. The Morgan fingerprint density at radius 2 is 1.90 bits per heavy atom. The molecule has 9 heteroatoms. The summed E-state index contributed by atoms with van der Waals surface area (Å²) in [7, 11) is 4.03. The van der Waals surface area contributed by atoms with E-state index in [2.05, 4.69) is 10.2 Å². The Morgan fingerprint density at radius 3 is 2.57 bits per heavy atom. The Labute approximate surface area is 176 Å². The fourth-order valence-electron chi connectivity index (χ4n) is 3.42. The third-order valence-electron chi connectivity index (χ3n) is 4.97. The van der Waals surface area contributed by atoms with Crippen molar-refractivity contribution < 1.29 is 29.3 Å². The van der Waals surface area contributed by atoms with Crippen molar-refractivity contribution in [3.63, 3.8) is 0 Å². The van der Waals surface area contributed by atoms with E-state index in [-0.39, 0.29) is 6.61 Å². The molecule has 1 unspecified atom stereocenters. The minimum atomic E-state index is -1.16. The molecule has 166 valence electrons. The predicted molar refractivity (Wildman–Crippen MR) is 112 cm³/mol. The van der Waals surface area contributed by atoms with Crippen molar-refractivity contribution in [1.29, 1.82) is 0 Å². The SMILES string of the molecule is CN(C)CCCCCCC(N[C@H]1COc2ccccc2N(CC(=O)O)C1=O)C(=O)O. The largest absolute Gasteiger partial charge is 0.489 e. The molecule has 2 rings (SSSR count). The number of nitrogens with one attached hydrogen (secondary N) is 1. The lowest BCUT2D eigenvalue weighted by Crippen LogP contribution is -2.54. The number of ether oxygens (including phenoxy) is 1. The molecule has 30 heavy (non-hydrogen) atoms. The summed E-state index contributed by atoms with van der Waals surface area (Å²) >= 11 is 0. The van der Waals surface area contributed by atoms with E-state index in [9.17, 15) is 24.6 Å². The highest BCUT2D eigenvalue weighted by Crippen LogP contribution is 2.31. The van der Waals surface area contributed by atoms with E-state index in [1.165, 1.54) is 0 Å².